The van der Waals surface area contributed by atoms with Gasteiger partial charge in [-0.25, -0.2) is 0 Å². The number of aryl methyl sites for hydroxylation is 1. The summed E-state index contributed by atoms with van der Waals surface area (Å²) in [5.74, 6) is 0.517. The average Bonchev–Trinajstić information content (AvgIpc) is 2.93. The number of carbonyl (C=O) groups excluding carboxylic acids is 1. The first-order valence-electron chi connectivity index (χ1n) is 7.05. The van der Waals surface area contributed by atoms with Crippen LogP contribution in [0.1, 0.15) is 26.7 Å². The fourth-order valence-corrected chi connectivity index (χ4v) is 2.13. The van der Waals surface area contributed by atoms with Gasteiger partial charge in [0.1, 0.15) is 6.33 Å². The molecule has 0 spiro atoms. The Hall–Kier alpha value is -2.21. The van der Waals surface area contributed by atoms with E-state index in [-0.39, 0.29) is 5.91 Å². The van der Waals surface area contributed by atoms with Gasteiger partial charge in [0.05, 0.1) is 11.2 Å². The van der Waals surface area contributed by atoms with Gasteiger partial charge in [-0.05, 0) is 25.0 Å². The fourth-order valence-electron chi connectivity index (χ4n) is 2.13. The number of amides is 1. The summed E-state index contributed by atoms with van der Waals surface area (Å²) in [5.41, 5.74) is 6.80. The summed E-state index contributed by atoms with van der Waals surface area (Å²) in [6.45, 7) is 3.83. The van der Waals surface area contributed by atoms with E-state index in [0.717, 1.165) is 5.56 Å². The lowest BCUT2D eigenvalue weighted by molar-refractivity contribution is -0.121. The third-order valence-corrected chi connectivity index (χ3v) is 3.84. The van der Waals surface area contributed by atoms with E-state index in [0.29, 0.717) is 24.4 Å². The van der Waals surface area contributed by atoms with Gasteiger partial charge in [-0.1, -0.05) is 26.0 Å². The molecule has 3 N–H and O–H groups in total. The molecule has 2 rings (SSSR count). The molecule has 0 fully saturated rings. The number of nitrogens with one attached hydrogen (secondary N) is 1. The predicted octanol–water partition coefficient (Wildman–Crippen LogP) is 1.94. The molecule has 21 heavy (non-hydrogen) atoms. The van der Waals surface area contributed by atoms with Crippen molar-refractivity contribution in [2.24, 2.45) is 12.8 Å². The van der Waals surface area contributed by atoms with Crippen LogP contribution in [0.5, 0.6) is 0 Å². The minimum absolute atomic E-state index is 0.179. The summed E-state index contributed by atoms with van der Waals surface area (Å²) in [7, 11) is 1.86. The van der Waals surface area contributed by atoms with E-state index in [1.54, 1.807) is 10.9 Å². The first kappa shape index (κ1) is 15.2. The monoisotopic (exact) mass is 287 g/mol. The first-order valence-corrected chi connectivity index (χ1v) is 7.05. The number of anilines is 1. The van der Waals surface area contributed by atoms with E-state index in [2.05, 4.69) is 15.5 Å². The molecule has 1 aromatic heterocycles. The molecule has 0 bridgehead atoms. The Balaban J connectivity index is 2.34. The van der Waals surface area contributed by atoms with Crippen LogP contribution >= 0.6 is 0 Å². The first-order chi connectivity index (χ1) is 10.0. The molecular weight excluding hydrogens is 266 g/mol. The van der Waals surface area contributed by atoms with Crippen molar-refractivity contribution in [3.05, 3.63) is 30.6 Å². The molecule has 1 amide bonds. The maximum Gasteiger partial charge on any atom is 0.244 e. The number of para-hydroxylation sites is 1. The van der Waals surface area contributed by atoms with Crippen LogP contribution in [-0.2, 0) is 11.8 Å². The van der Waals surface area contributed by atoms with Crippen molar-refractivity contribution < 1.29 is 4.79 Å². The highest BCUT2D eigenvalue weighted by atomic mass is 16.2. The molecule has 0 aliphatic rings. The van der Waals surface area contributed by atoms with Gasteiger partial charge in [-0.15, -0.1) is 10.2 Å². The van der Waals surface area contributed by atoms with Crippen molar-refractivity contribution in [2.45, 2.75) is 32.2 Å². The van der Waals surface area contributed by atoms with Crippen molar-refractivity contribution in [1.82, 2.24) is 14.8 Å². The van der Waals surface area contributed by atoms with Gasteiger partial charge < -0.3 is 15.6 Å². The summed E-state index contributed by atoms with van der Waals surface area (Å²) in [6, 6.07) is 7.50. The van der Waals surface area contributed by atoms with Crippen LogP contribution in [0.2, 0.25) is 0 Å². The molecule has 1 heterocycles. The predicted molar refractivity (Wildman–Crippen MR) is 82.6 cm³/mol. The van der Waals surface area contributed by atoms with Crippen molar-refractivity contribution in [2.75, 3.05) is 5.32 Å². The number of rotatable bonds is 5. The number of hydrogen-bond acceptors (Lipinski definition) is 4. The Bertz CT molecular complexity index is 630. The maximum atomic E-state index is 12.4. The second-order valence-electron chi connectivity index (χ2n) is 5.13. The summed E-state index contributed by atoms with van der Waals surface area (Å²) >= 11 is 0. The lowest BCUT2D eigenvalue weighted by Gasteiger charge is -2.25. The van der Waals surface area contributed by atoms with Gasteiger partial charge in [0, 0.05) is 12.6 Å². The van der Waals surface area contributed by atoms with Crippen molar-refractivity contribution in [3.8, 4) is 11.4 Å². The molecule has 0 atom stereocenters. The molecule has 0 aliphatic carbocycles. The lowest BCUT2D eigenvalue weighted by atomic mass is 9.93. The van der Waals surface area contributed by atoms with Gasteiger partial charge in [0.25, 0.3) is 0 Å². The minimum atomic E-state index is -0.854. The molecule has 0 unspecified atom stereocenters. The van der Waals surface area contributed by atoms with E-state index in [1.165, 1.54) is 0 Å². The van der Waals surface area contributed by atoms with E-state index in [9.17, 15) is 4.79 Å². The summed E-state index contributed by atoms with van der Waals surface area (Å²) in [6.07, 6.45) is 2.79. The standard InChI is InChI=1S/C15H21N5O/c1-4-15(16,5-2)14(21)18-12-9-7-6-8-11(12)13-19-17-10-20(13)3/h6-10H,4-5,16H2,1-3H3,(H,18,21). The Morgan fingerprint density at radius 1 is 1.33 bits per heavy atom. The zero-order valence-corrected chi connectivity index (χ0v) is 12.6. The Morgan fingerprint density at radius 3 is 2.57 bits per heavy atom. The van der Waals surface area contributed by atoms with Crippen LogP contribution < -0.4 is 11.1 Å². The number of benzene rings is 1. The van der Waals surface area contributed by atoms with Gasteiger partial charge >= 0.3 is 0 Å². The number of hydrogen-bond donors (Lipinski definition) is 2. The largest absolute Gasteiger partial charge is 0.324 e. The molecule has 2 aromatic rings. The third-order valence-electron chi connectivity index (χ3n) is 3.84. The second-order valence-corrected chi connectivity index (χ2v) is 5.13. The molecule has 1 aromatic carbocycles. The topological polar surface area (TPSA) is 85.8 Å². The summed E-state index contributed by atoms with van der Waals surface area (Å²) in [5, 5.41) is 10.9. The van der Waals surface area contributed by atoms with E-state index in [1.807, 2.05) is 45.2 Å². The van der Waals surface area contributed by atoms with Crippen molar-refractivity contribution in [3.63, 3.8) is 0 Å². The molecule has 0 radical (unpaired) electrons. The number of aromatic nitrogens is 3. The molecule has 0 saturated heterocycles. The number of nitrogens with zero attached hydrogens (tertiary/aromatic N) is 3. The van der Waals surface area contributed by atoms with E-state index in [4.69, 9.17) is 5.73 Å². The van der Waals surface area contributed by atoms with Crippen LogP contribution in [-0.4, -0.2) is 26.2 Å². The van der Waals surface area contributed by atoms with Crippen molar-refractivity contribution in [1.29, 1.82) is 0 Å². The summed E-state index contributed by atoms with van der Waals surface area (Å²) < 4.78 is 1.81. The van der Waals surface area contributed by atoms with Gasteiger partial charge in [-0.3, -0.25) is 4.79 Å². The third kappa shape index (κ3) is 2.95. The fraction of sp³-hybridized carbons (Fsp3) is 0.400. The zero-order valence-electron chi connectivity index (χ0n) is 12.6. The quantitative estimate of drug-likeness (QED) is 0.880. The minimum Gasteiger partial charge on any atom is -0.324 e. The Kier molecular flexibility index (Phi) is 4.37. The van der Waals surface area contributed by atoms with Crippen LogP contribution in [0.3, 0.4) is 0 Å². The number of nitrogens with two attached hydrogens (primary N) is 1. The SMILES string of the molecule is CCC(N)(CC)C(=O)Nc1ccccc1-c1nncn1C. The van der Waals surface area contributed by atoms with Gasteiger partial charge in [0.2, 0.25) is 5.91 Å². The highest BCUT2D eigenvalue weighted by Crippen LogP contribution is 2.26. The van der Waals surface area contributed by atoms with Gasteiger partial charge in [-0.2, -0.15) is 0 Å². The molecule has 0 aliphatic heterocycles. The highest BCUT2D eigenvalue weighted by Gasteiger charge is 2.30. The van der Waals surface area contributed by atoms with E-state index < -0.39 is 5.54 Å². The van der Waals surface area contributed by atoms with Gasteiger partial charge in [0.15, 0.2) is 5.82 Å². The molecular formula is C15H21N5O. The Morgan fingerprint density at radius 2 is 2.00 bits per heavy atom. The smallest absolute Gasteiger partial charge is 0.244 e. The second kappa shape index (κ2) is 6.05. The Labute approximate surface area is 124 Å². The zero-order chi connectivity index (χ0) is 15.5. The summed E-state index contributed by atoms with van der Waals surface area (Å²) in [4.78, 5) is 12.4. The van der Waals surface area contributed by atoms with Crippen LogP contribution in [0.15, 0.2) is 30.6 Å². The molecule has 0 saturated carbocycles. The molecule has 6 heteroatoms. The normalized spacial score (nSPS) is 11.4. The molecule has 6 nitrogen and oxygen atoms in total. The lowest BCUT2D eigenvalue weighted by Crippen LogP contribution is -2.50. The van der Waals surface area contributed by atoms with Crippen molar-refractivity contribution >= 4 is 11.6 Å². The average molecular weight is 287 g/mol. The highest BCUT2D eigenvalue weighted by molar-refractivity contribution is 6.00. The number of carbonyl (C=O) groups is 1. The van der Waals surface area contributed by atoms with Crippen LogP contribution in [0.4, 0.5) is 5.69 Å². The maximum absolute atomic E-state index is 12.4. The van der Waals surface area contributed by atoms with E-state index >= 15 is 0 Å². The van der Waals surface area contributed by atoms with Crippen LogP contribution in [0, 0.1) is 0 Å². The van der Waals surface area contributed by atoms with Crippen LogP contribution in [0.25, 0.3) is 11.4 Å². The molecule has 112 valence electrons.